The van der Waals surface area contributed by atoms with E-state index in [0.717, 1.165) is 23.1 Å². The van der Waals surface area contributed by atoms with Gasteiger partial charge < -0.3 is 9.51 Å². The van der Waals surface area contributed by atoms with Crippen molar-refractivity contribution in [2.24, 2.45) is 0 Å². The van der Waals surface area contributed by atoms with Gasteiger partial charge in [-0.15, -0.1) is 0 Å². The lowest BCUT2D eigenvalue weighted by Crippen LogP contribution is -2.36. The third-order valence-electron chi connectivity index (χ3n) is 4.18. The molecule has 1 saturated carbocycles. The minimum atomic E-state index is -0.112. The zero-order chi connectivity index (χ0) is 14.3. The highest BCUT2D eigenvalue weighted by molar-refractivity contribution is 9.10. The molecule has 4 rings (SSSR count). The average molecular weight is 345 g/mol. The summed E-state index contributed by atoms with van der Waals surface area (Å²) in [6, 6.07) is 8.38. The normalized spacial score (nSPS) is 16.6. The van der Waals surface area contributed by atoms with Crippen LogP contribution in [0.25, 0.3) is 11.6 Å². The van der Waals surface area contributed by atoms with E-state index in [1.165, 1.54) is 12.0 Å². The fourth-order valence-corrected chi connectivity index (χ4v) is 3.10. The predicted molar refractivity (Wildman–Crippen MR) is 80.7 cm³/mol. The Hall–Kier alpha value is -1.95. The van der Waals surface area contributed by atoms with E-state index in [0.29, 0.717) is 11.6 Å². The first-order valence-electron chi connectivity index (χ1n) is 6.87. The van der Waals surface area contributed by atoms with E-state index in [1.807, 2.05) is 0 Å². The van der Waals surface area contributed by atoms with Crippen molar-refractivity contribution in [3.8, 4) is 11.6 Å². The maximum Gasteiger partial charge on any atom is 0.278 e. The van der Waals surface area contributed by atoms with E-state index in [2.05, 4.69) is 60.3 Å². The topological polar surface area (TPSA) is 67.6 Å². The number of rotatable bonds is 3. The summed E-state index contributed by atoms with van der Waals surface area (Å²) in [5.74, 6) is 1.23. The van der Waals surface area contributed by atoms with Crippen LogP contribution in [0.5, 0.6) is 0 Å². The molecule has 2 heterocycles. The van der Waals surface area contributed by atoms with Crippen LogP contribution < -0.4 is 0 Å². The van der Waals surface area contributed by atoms with Gasteiger partial charge in [-0.1, -0.05) is 39.6 Å². The summed E-state index contributed by atoms with van der Waals surface area (Å²) in [6.45, 7) is 0. The maximum absolute atomic E-state index is 5.38. The Kier molecular flexibility index (Phi) is 2.92. The van der Waals surface area contributed by atoms with Crippen LogP contribution in [0, 0.1) is 0 Å². The van der Waals surface area contributed by atoms with Crippen molar-refractivity contribution in [1.82, 2.24) is 20.1 Å². The zero-order valence-corrected chi connectivity index (χ0v) is 12.8. The van der Waals surface area contributed by atoms with E-state index >= 15 is 0 Å². The average Bonchev–Trinajstić information content (AvgIpc) is 3.10. The Bertz CT molecular complexity index is 744. The van der Waals surface area contributed by atoms with Gasteiger partial charge >= 0.3 is 0 Å². The van der Waals surface area contributed by atoms with Crippen LogP contribution in [-0.2, 0) is 5.41 Å². The second kappa shape index (κ2) is 4.80. The van der Waals surface area contributed by atoms with Gasteiger partial charge in [0.25, 0.3) is 5.89 Å². The van der Waals surface area contributed by atoms with Gasteiger partial charge in [-0.25, -0.2) is 4.98 Å². The number of aromatic nitrogens is 4. The molecule has 1 N–H and O–H groups in total. The predicted octanol–water partition coefficient (Wildman–Crippen LogP) is 3.69. The molecule has 0 atom stereocenters. The molecule has 0 amide bonds. The van der Waals surface area contributed by atoms with Crippen LogP contribution in [0.4, 0.5) is 0 Å². The van der Waals surface area contributed by atoms with Crippen LogP contribution in [0.15, 0.2) is 45.8 Å². The highest BCUT2D eigenvalue weighted by Gasteiger charge is 2.44. The van der Waals surface area contributed by atoms with Gasteiger partial charge in [0.15, 0.2) is 5.82 Å². The highest BCUT2D eigenvalue weighted by Crippen LogP contribution is 2.48. The molecular formula is C15H13BrN4O. The number of benzene rings is 1. The molecule has 0 aliphatic heterocycles. The molecule has 1 aliphatic carbocycles. The molecule has 0 unspecified atom stereocenters. The number of hydrogen-bond donors (Lipinski definition) is 1. The van der Waals surface area contributed by atoms with Gasteiger partial charge in [-0.2, -0.15) is 4.98 Å². The van der Waals surface area contributed by atoms with Gasteiger partial charge in [0.2, 0.25) is 0 Å². The fraction of sp³-hybridized carbons (Fsp3) is 0.267. The molecule has 1 aliphatic rings. The summed E-state index contributed by atoms with van der Waals surface area (Å²) in [4.78, 5) is 11.6. The molecule has 6 heteroatoms. The summed E-state index contributed by atoms with van der Waals surface area (Å²) >= 11 is 3.48. The van der Waals surface area contributed by atoms with E-state index < -0.39 is 0 Å². The molecule has 106 valence electrons. The van der Waals surface area contributed by atoms with E-state index in [9.17, 15) is 0 Å². The third-order valence-corrected chi connectivity index (χ3v) is 4.70. The van der Waals surface area contributed by atoms with Crippen molar-refractivity contribution in [2.45, 2.75) is 24.7 Å². The minimum absolute atomic E-state index is 0.112. The molecular weight excluding hydrogens is 332 g/mol. The Morgan fingerprint density at radius 2 is 2.00 bits per heavy atom. The SMILES string of the molecule is Brc1ccc(C2(c3noc(-c4c[nH]cn4)n3)CCC2)cc1. The van der Waals surface area contributed by atoms with E-state index in [-0.39, 0.29) is 5.41 Å². The fourth-order valence-electron chi connectivity index (χ4n) is 2.84. The van der Waals surface area contributed by atoms with Crippen molar-refractivity contribution >= 4 is 15.9 Å². The van der Waals surface area contributed by atoms with Gasteiger partial charge in [-0.05, 0) is 30.5 Å². The van der Waals surface area contributed by atoms with Gasteiger partial charge in [0, 0.05) is 10.7 Å². The number of H-pyrrole nitrogens is 1. The number of halogens is 1. The monoisotopic (exact) mass is 344 g/mol. The van der Waals surface area contributed by atoms with E-state index in [1.54, 1.807) is 12.5 Å². The van der Waals surface area contributed by atoms with Gasteiger partial charge in [0.05, 0.1) is 11.7 Å². The number of hydrogen-bond acceptors (Lipinski definition) is 4. The molecule has 3 aromatic rings. The summed E-state index contributed by atoms with van der Waals surface area (Å²) in [7, 11) is 0. The first-order chi connectivity index (χ1) is 10.3. The summed E-state index contributed by atoms with van der Waals surface area (Å²) in [6.07, 6.45) is 6.64. The second-order valence-electron chi connectivity index (χ2n) is 5.32. The molecule has 0 spiro atoms. The maximum atomic E-state index is 5.38. The number of aromatic amines is 1. The van der Waals surface area contributed by atoms with Crippen LogP contribution in [0.1, 0.15) is 30.7 Å². The standard InChI is InChI=1S/C15H13BrN4O/c16-11-4-2-10(3-5-11)15(6-1-7-15)14-19-13(21-20-14)12-8-17-9-18-12/h2-5,8-9H,1,6-7H2,(H,17,18). The minimum Gasteiger partial charge on any atom is -0.350 e. The van der Waals surface area contributed by atoms with Gasteiger partial charge in [0.1, 0.15) is 5.69 Å². The Balaban J connectivity index is 1.75. The summed E-state index contributed by atoms with van der Waals surface area (Å²) < 4.78 is 6.46. The Morgan fingerprint density at radius 3 is 2.62 bits per heavy atom. The molecule has 0 saturated heterocycles. The smallest absolute Gasteiger partial charge is 0.278 e. The molecule has 0 bridgehead atoms. The van der Waals surface area contributed by atoms with Crippen LogP contribution >= 0.6 is 15.9 Å². The lowest BCUT2D eigenvalue weighted by molar-refractivity contribution is 0.273. The van der Waals surface area contributed by atoms with Crippen molar-refractivity contribution in [2.75, 3.05) is 0 Å². The molecule has 21 heavy (non-hydrogen) atoms. The van der Waals surface area contributed by atoms with Crippen LogP contribution in [-0.4, -0.2) is 20.1 Å². The Labute approximate surface area is 129 Å². The number of nitrogens with zero attached hydrogens (tertiary/aromatic N) is 3. The van der Waals surface area contributed by atoms with Gasteiger partial charge in [-0.3, -0.25) is 0 Å². The van der Waals surface area contributed by atoms with E-state index in [4.69, 9.17) is 4.52 Å². The molecule has 1 aromatic carbocycles. The second-order valence-corrected chi connectivity index (χ2v) is 6.24. The van der Waals surface area contributed by atoms with Crippen molar-refractivity contribution in [3.63, 3.8) is 0 Å². The Morgan fingerprint density at radius 1 is 1.19 bits per heavy atom. The van der Waals surface area contributed by atoms with Crippen LogP contribution in [0.3, 0.4) is 0 Å². The lowest BCUT2D eigenvalue weighted by Gasteiger charge is -2.39. The third kappa shape index (κ3) is 2.01. The first kappa shape index (κ1) is 12.8. The quantitative estimate of drug-likeness (QED) is 0.786. The molecule has 0 radical (unpaired) electrons. The number of imidazole rings is 1. The summed E-state index contributed by atoms with van der Waals surface area (Å²) in [5.41, 5.74) is 1.81. The first-order valence-corrected chi connectivity index (χ1v) is 7.67. The van der Waals surface area contributed by atoms with Crippen LogP contribution in [0.2, 0.25) is 0 Å². The highest BCUT2D eigenvalue weighted by atomic mass is 79.9. The zero-order valence-electron chi connectivity index (χ0n) is 11.2. The number of nitrogens with one attached hydrogen (secondary N) is 1. The largest absolute Gasteiger partial charge is 0.350 e. The molecule has 2 aromatic heterocycles. The summed E-state index contributed by atoms with van der Waals surface area (Å²) in [5, 5.41) is 4.21. The van der Waals surface area contributed by atoms with Crippen molar-refractivity contribution in [1.29, 1.82) is 0 Å². The molecule has 1 fully saturated rings. The molecule has 5 nitrogen and oxygen atoms in total. The lowest BCUT2D eigenvalue weighted by atomic mass is 9.64. The van der Waals surface area contributed by atoms with Crippen molar-refractivity contribution < 1.29 is 4.52 Å². The van der Waals surface area contributed by atoms with Crippen molar-refractivity contribution in [3.05, 3.63) is 52.7 Å².